The molecule has 0 aliphatic heterocycles. The molecule has 1 aromatic rings. The van der Waals surface area contributed by atoms with Gasteiger partial charge in [-0.3, -0.25) is 0 Å². The maximum Gasteiger partial charge on any atom is 0.441 e. The van der Waals surface area contributed by atoms with Crippen molar-refractivity contribution >= 4 is 29.2 Å². The van der Waals surface area contributed by atoms with E-state index in [1.54, 1.807) is 18.2 Å². The molecule has 2 nitrogen and oxygen atoms in total. The number of nitrogens with two attached hydrogens (primary N) is 1. The Kier molecular flexibility index (Phi) is 5.32. The van der Waals surface area contributed by atoms with Gasteiger partial charge in [0.15, 0.2) is 0 Å². The van der Waals surface area contributed by atoms with E-state index in [9.17, 15) is 13.2 Å². The van der Waals surface area contributed by atoms with Gasteiger partial charge in [-0.05, 0) is 18.2 Å². The fourth-order valence-corrected chi connectivity index (χ4v) is 2.63. The number of nitrogen functional groups attached to an aromatic ring is 1. The van der Waals surface area contributed by atoms with Crippen LogP contribution in [0.5, 0.6) is 5.75 Å². The number of alkyl halides is 3. The van der Waals surface area contributed by atoms with E-state index in [2.05, 4.69) is 0 Å². The fourth-order valence-electron chi connectivity index (χ4n) is 1.08. The van der Waals surface area contributed by atoms with Crippen LogP contribution in [0.2, 0.25) is 0 Å². The first-order valence-electron chi connectivity index (χ1n) is 4.69. The van der Waals surface area contributed by atoms with Crippen LogP contribution in [-0.2, 0) is 0 Å². The van der Waals surface area contributed by atoms with Crippen LogP contribution in [-0.4, -0.2) is 24.1 Å². The van der Waals surface area contributed by atoms with Gasteiger partial charge >= 0.3 is 5.51 Å². The van der Waals surface area contributed by atoms with E-state index in [1.165, 1.54) is 18.9 Å². The average Bonchev–Trinajstić information content (AvgIpc) is 2.25. The second-order valence-corrected chi connectivity index (χ2v) is 5.34. The molecule has 2 N–H and O–H groups in total. The molecule has 1 rings (SSSR count). The zero-order valence-electron chi connectivity index (χ0n) is 9.08. The number of anilines is 1. The summed E-state index contributed by atoms with van der Waals surface area (Å²) in [6, 6.07) is 5.11. The van der Waals surface area contributed by atoms with Gasteiger partial charge in [-0.1, -0.05) is 11.8 Å². The smallest absolute Gasteiger partial charge is 0.441 e. The lowest BCUT2D eigenvalue weighted by atomic mass is 10.3. The van der Waals surface area contributed by atoms with Crippen LogP contribution in [0.4, 0.5) is 18.9 Å². The summed E-state index contributed by atoms with van der Waals surface area (Å²) in [5.41, 5.74) is 2.09. The number of thioether (sulfide) groups is 2. The largest absolute Gasteiger partial charge is 0.497 e. The highest BCUT2D eigenvalue weighted by Gasteiger charge is 2.27. The van der Waals surface area contributed by atoms with Gasteiger partial charge in [-0.2, -0.15) is 13.2 Å². The van der Waals surface area contributed by atoms with Crippen LogP contribution in [0.3, 0.4) is 0 Å². The third-order valence-electron chi connectivity index (χ3n) is 1.83. The molecule has 0 aromatic heterocycles. The third kappa shape index (κ3) is 5.45. The maximum atomic E-state index is 11.9. The van der Waals surface area contributed by atoms with Crippen molar-refractivity contribution in [2.75, 3.05) is 24.3 Å². The molecule has 17 heavy (non-hydrogen) atoms. The molecule has 0 heterocycles. The molecular weight excluding hydrogens is 271 g/mol. The predicted molar refractivity (Wildman–Crippen MR) is 66.6 cm³/mol. The summed E-state index contributed by atoms with van der Waals surface area (Å²) in [7, 11) is 1.53. The lowest BCUT2D eigenvalue weighted by Gasteiger charge is -2.08. The zero-order chi connectivity index (χ0) is 12.9. The average molecular weight is 283 g/mol. The van der Waals surface area contributed by atoms with Crippen molar-refractivity contribution < 1.29 is 17.9 Å². The summed E-state index contributed by atoms with van der Waals surface area (Å²) in [4.78, 5) is 0.743. The van der Waals surface area contributed by atoms with Gasteiger partial charge in [0.2, 0.25) is 0 Å². The number of hydrogen-bond acceptors (Lipinski definition) is 4. The summed E-state index contributed by atoms with van der Waals surface area (Å²) in [6.07, 6.45) is 0. The molecule has 0 aliphatic carbocycles. The van der Waals surface area contributed by atoms with Crippen LogP contribution in [0, 0.1) is 0 Å². The normalized spacial score (nSPS) is 11.5. The van der Waals surface area contributed by atoms with Gasteiger partial charge in [0.05, 0.1) is 7.11 Å². The van der Waals surface area contributed by atoms with Crippen LogP contribution in [0.1, 0.15) is 0 Å². The highest BCUT2D eigenvalue weighted by Crippen LogP contribution is 2.33. The predicted octanol–water partition coefficient (Wildman–Crippen LogP) is 3.62. The lowest BCUT2D eigenvalue weighted by Crippen LogP contribution is -2.02. The minimum atomic E-state index is -4.17. The first-order chi connectivity index (χ1) is 7.92. The van der Waals surface area contributed by atoms with Crippen molar-refractivity contribution in [3.8, 4) is 5.75 Å². The Morgan fingerprint density at radius 2 is 2.00 bits per heavy atom. The highest BCUT2D eigenvalue weighted by molar-refractivity contribution is 8.03. The van der Waals surface area contributed by atoms with E-state index in [0.29, 0.717) is 17.2 Å². The molecule has 0 saturated heterocycles. The molecule has 0 bridgehead atoms. The van der Waals surface area contributed by atoms with Gasteiger partial charge in [-0.25, -0.2) is 0 Å². The standard InChI is InChI=1S/C10H12F3NOS2/c1-15-7-2-3-8(14)9(6-7)16-4-5-17-10(11,12)13/h2-3,6H,4-5,14H2,1H3. The number of hydrogen-bond donors (Lipinski definition) is 1. The van der Waals surface area contributed by atoms with Crippen LogP contribution < -0.4 is 10.5 Å². The van der Waals surface area contributed by atoms with Crippen LogP contribution in [0.25, 0.3) is 0 Å². The lowest BCUT2D eigenvalue weighted by molar-refractivity contribution is -0.0326. The minimum Gasteiger partial charge on any atom is -0.497 e. The third-order valence-corrected chi connectivity index (χ3v) is 3.89. The molecule has 0 fully saturated rings. The van der Waals surface area contributed by atoms with E-state index < -0.39 is 5.51 Å². The van der Waals surface area contributed by atoms with Crippen LogP contribution >= 0.6 is 23.5 Å². The quantitative estimate of drug-likeness (QED) is 0.508. The number of halogens is 3. The molecule has 1 aromatic carbocycles. The summed E-state index contributed by atoms with van der Waals surface area (Å²) in [5.74, 6) is 0.997. The number of methoxy groups -OCH3 is 1. The maximum absolute atomic E-state index is 11.9. The number of benzene rings is 1. The van der Waals surface area contributed by atoms with E-state index in [4.69, 9.17) is 10.5 Å². The van der Waals surface area contributed by atoms with Gasteiger partial charge < -0.3 is 10.5 Å². The van der Waals surface area contributed by atoms with Crippen molar-refractivity contribution in [3.05, 3.63) is 18.2 Å². The number of rotatable bonds is 5. The summed E-state index contributed by atoms with van der Waals surface area (Å²) in [5, 5.41) is 0. The first kappa shape index (κ1) is 14.4. The number of ether oxygens (including phenoxy) is 1. The summed E-state index contributed by atoms with van der Waals surface area (Å²) >= 11 is 1.27. The molecule has 0 aliphatic rings. The Morgan fingerprint density at radius 3 is 2.59 bits per heavy atom. The van der Waals surface area contributed by atoms with Gasteiger partial charge in [-0.15, -0.1) is 11.8 Å². The summed E-state index contributed by atoms with van der Waals surface area (Å²) < 4.78 is 40.7. The fraction of sp³-hybridized carbons (Fsp3) is 0.400. The Hall–Kier alpha value is -0.690. The zero-order valence-corrected chi connectivity index (χ0v) is 10.7. The SMILES string of the molecule is COc1ccc(N)c(SCCSC(F)(F)F)c1. The second-order valence-electron chi connectivity index (χ2n) is 3.05. The minimum absolute atomic E-state index is 0.00478. The Labute approximate surface area is 106 Å². The highest BCUT2D eigenvalue weighted by atomic mass is 32.2. The van der Waals surface area contributed by atoms with Crippen molar-refractivity contribution in [1.29, 1.82) is 0 Å². The molecular formula is C10H12F3NOS2. The Morgan fingerprint density at radius 1 is 1.29 bits per heavy atom. The van der Waals surface area contributed by atoms with E-state index in [-0.39, 0.29) is 17.5 Å². The molecule has 0 radical (unpaired) electrons. The van der Waals surface area contributed by atoms with E-state index in [0.717, 1.165) is 4.90 Å². The molecule has 96 valence electrons. The van der Waals surface area contributed by atoms with E-state index >= 15 is 0 Å². The van der Waals surface area contributed by atoms with E-state index in [1.807, 2.05) is 0 Å². The molecule has 0 atom stereocenters. The van der Waals surface area contributed by atoms with Gasteiger partial charge in [0, 0.05) is 22.1 Å². The topological polar surface area (TPSA) is 35.2 Å². The molecule has 0 unspecified atom stereocenters. The van der Waals surface area contributed by atoms with Gasteiger partial charge in [0.25, 0.3) is 0 Å². The van der Waals surface area contributed by atoms with Crippen molar-refractivity contribution in [1.82, 2.24) is 0 Å². The first-order valence-corrected chi connectivity index (χ1v) is 6.66. The van der Waals surface area contributed by atoms with Crippen molar-refractivity contribution in [2.45, 2.75) is 10.4 Å². The van der Waals surface area contributed by atoms with Crippen molar-refractivity contribution in [3.63, 3.8) is 0 Å². The second kappa shape index (κ2) is 6.30. The molecule has 0 amide bonds. The Bertz CT molecular complexity index is 371. The van der Waals surface area contributed by atoms with Crippen molar-refractivity contribution in [2.24, 2.45) is 0 Å². The molecule has 0 spiro atoms. The molecule has 7 heteroatoms. The van der Waals surface area contributed by atoms with Gasteiger partial charge in [0.1, 0.15) is 5.75 Å². The summed E-state index contributed by atoms with van der Waals surface area (Å²) in [6.45, 7) is 0. The van der Waals surface area contributed by atoms with Crippen LogP contribution in [0.15, 0.2) is 23.1 Å². The monoisotopic (exact) mass is 283 g/mol. The Balaban J connectivity index is 2.46. The molecule has 0 saturated carbocycles.